The van der Waals surface area contributed by atoms with E-state index in [1.165, 1.54) is 10.6 Å². The van der Waals surface area contributed by atoms with E-state index in [1.54, 1.807) is 53.4 Å². The van der Waals surface area contributed by atoms with Gasteiger partial charge in [-0.2, -0.15) is 0 Å². The highest BCUT2D eigenvalue weighted by Gasteiger charge is 2.26. The second kappa shape index (κ2) is 8.02. The van der Waals surface area contributed by atoms with Crippen LogP contribution in [0.1, 0.15) is 32.7 Å². The van der Waals surface area contributed by atoms with Crippen molar-refractivity contribution in [2.24, 2.45) is 0 Å². The summed E-state index contributed by atoms with van der Waals surface area (Å²) in [6.07, 6.45) is 1.74. The van der Waals surface area contributed by atoms with E-state index in [9.17, 15) is 18.0 Å². The average molecular weight is 386 g/mol. The molecule has 0 radical (unpaired) electrons. The van der Waals surface area contributed by atoms with E-state index in [-0.39, 0.29) is 18.2 Å². The Labute approximate surface area is 159 Å². The molecule has 1 saturated heterocycles. The summed E-state index contributed by atoms with van der Waals surface area (Å²) in [5, 5.41) is 0. The van der Waals surface area contributed by atoms with E-state index in [4.69, 9.17) is 0 Å². The van der Waals surface area contributed by atoms with Gasteiger partial charge in [0.1, 0.15) is 0 Å². The summed E-state index contributed by atoms with van der Waals surface area (Å²) in [7, 11) is -3.28. The van der Waals surface area contributed by atoms with Gasteiger partial charge in [-0.1, -0.05) is 48.5 Å². The van der Waals surface area contributed by atoms with Gasteiger partial charge in [0.05, 0.1) is 11.8 Å². The first kappa shape index (κ1) is 19.3. The molecule has 2 aromatic rings. The highest BCUT2D eigenvalue weighted by molar-refractivity contribution is 7.88. The minimum Gasteiger partial charge on any atom is -0.337 e. The minimum atomic E-state index is -3.28. The van der Waals surface area contributed by atoms with Crippen LogP contribution in [0.3, 0.4) is 0 Å². The summed E-state index contributed by atoms with van der Waals surface area (Å²) in [6, 6.07) is 15.6. The van der Waals surface area contributed by atoms with Gasteiger partial charge in [0.2, 0.25) is 10.0 Å². The Morgan fingerprint density at radius 1 is 0.815 bits per heavy atom. The zero-order valence-electron chi connectivity index (χ0n) is 15.2. The molecule has 1 amide bonds. The molecule has 0 atom stereocenters. The van der Waals surface area contributed by atoms with Crippen molar-refractivity contribution in [2.45, 2.75) is 6.42 Å². The maximum absolute atomic E-state index is 13.1. The number of hydrogen-bond donors (Lipinski definition) is 0. The molecule has 27 heavy (non-hydrogen) atoms. The molecule has 0 bridgehead atoms. The molecule has 142 valence electrons. The zero-order valence-corrected chi connectivity index (χ0v) is 16.0. The number of rotatable bonds is 4. The Bertz CT molecular complexity index is 941. The third-order valence-corrected chi connectivity index (χ3v) is 5.95. The van der Waals surface area contributed by atoms with Crippen molar-refractivity contribution in [2.75, 3.05) is 32.4 Å². The molecule has 1 fully saturated rings. The molecule has 6 nitrogen and oxygen atoms in total. The van der Waals surface area contributed by atoms with Crippen LogP contribution in [0.5, 0.6) is 0 Å². The summed E-state index contributed by atoms with van der Waals surface area (Å²) >= 11 is 0. The van der Waals surface area contributed by atoms with E-state index in [0.29, 0.717) is 42.7 Å². The first-order valence-corrected chi connectivity index (χ1v) is 10.7. The van der Waals surface area contributed by atoms with E-state index in [0.717, 1.165) is 0 Å². The minimum absolute atomic E-state index is 0.202. The molecule has 0 unspecified atom stereocenters. The summed E-state index contributed by atoms with van der Waals surface area (Å²) in [4.78, 5) is 27.5. The highest BCUT2D eigenvalue weighted by Crippen LogP contribution is 2.18. The largest absolute Gasteiger partial charge is 0.337 e. The number of ketones is 1. The van der Waals surface area contributed by atoms with Crippen LogP contribution < -0.4 is 0 Å². The standard InChI is InChI=1S/C20H22N2O4S/c1-27(25,26)22-13-7-12-21(14-15-22)20(24)18-11-6-5-10-17(18)19(23)16-8-3-2-4-9-16/h2-6,8-11H,7,12-15H2,1H3. The molecule has 0 aliphatic carbocycles. The molecule has 1 aliphatic heterocycles. The van der Waals surface area contributed by atoms with Gasteiger partial charge in [-0.3, -0.25) is 9.59 Å². The third kappa shape index (κ3) is 4.43. The van der Waals surface area contributed by atoms with Crippen LogP contribution in [0.4, 0.5) is 0 Å². The van der Waals surface area contributed by atoms with Crippen molar-refractivity contribution in [3.63, 3.8) is 0 Å². The molecule has 0 aromatic heterocycles. The zero-order chi connectivity index (χ0) is 19.4. The van der Waals surface area contributed by atoms with Gasteiger partial charge in [-0.25, -0.2) is 12.7 Å². The highest BCUT2D eigenvalue weighted by atomic mass is 32.2. The van der Waals surface area contributed by atoms with Crippen molar-refractivity contribution >= 4 is 21.7 Å². The lowest BCUT2D eigenvalue weighted by Crippen LogP contribution is -2.37. The van der Waals surface area contributed by atoms with Crippen LogP contribution in [-0.2, 0) is 10.0 Å². The first-order chi connectivity index (χ1) is 12.9. The Morgan fingerprint density at radius 3 is 2.11 bits per heavy atom. The number of amides is 1. The molecule has 3 rings (SSSR count). The fraction of sp³-hybridized carbons (Fsp3) is 0.300. The number of carbonyl (C=O) groups excluding carboxylic acids is 2. The fourth-order valence-corrected chi connectivity index (χ4v) is 4.09. The van der Waals surface area contributed by atoms with Gasteiger partial charge in [-0.15, -0.1) is 0 Å². The normalized spacial score (nSPS) is 16.0. The maximum atomic E-state index is 13.1. The quantitative estimate of drug-likeness (QED) is 0.754. The van der Waals surface area contributed by atoms with Crippen LogP contribution in [0, 0.1) is 0 Å². The topological polar surface area (TPSA) is 74.8 Å². The Kier molecular flexibility index (Phi) is 5.72. The molecular weight excluding hydrogens is 364 g/mol. The molecule has 1 aliphatic rings. The van der Waals surface area contributed by atoms with Gasteiger partial charge >= 0.3 is 0 Å². The van der Waals surface area contributed by atoms with Crippen molar-refractivity contribution < 1.29 is 18.0 Å². The molecule has 0 saturated carbocycles. The Hall–Kier alpha value is -2.51. The maximum Gasteiger partial charge on any atom is 0.254 e. The van der Waals surface area contributed by atoms with Crippen molar-refractivity contribution in [3.05, 3.63) is 71.3 Å². The lowest BCUT2D eigenvalue weighted by molar-refractivity contribution is 0.0760. The van der Waals surface area contributed by atoms with Gasteiger partial charge in [0.25, 0.3) is 5.91 Å². The molecule has 0 N–H and O–H groups in total. The monoisotopic (exact) mass is 386 g/mol. The predicted octanol–water partition coefficient (Wildman–Crippen LogP) is 2.03. The number of hydrogen-bond acceptors (Lipinski definition) is 4. The van der Waals surface area contributed by atoms with E-state index < -0.39 is 10.0 Å². The van der Waals surface area contributed by atoms with E-state index >= 15 is 0 Å². The lowest BCUT2D eigenvalue weighted by atomic mass is 9.97. The third-order valence-electron chi connectivity index (χ3n) is 4.65. The molecule has 0 spiro atoms. The molecule has 2 aromatic carbocycles. The number of sulfonamides is 1. The summed E-state index contributed by atoms with van der Waals surface area (Å²) in [5.74, 6) is -0.447. The average Bonchev–Trinajstić information content (AvgIpc) is 2.94. The fourth-order valence-electron chi connectivity index (χ4n) is 3.21. The van der Waals surface area contributed by atoms with Crippen molar-refractivity contribution in [1.82, 2.24) is 9.21 Å². The van der Waals surface area contributed by atoms with Crippen LogP contribution in [0.2, 0.25) is 0 Å². The Balaban J connectivity index is 1.85. The number of carbonyl (C=O) groups is 2. The molecular formula is C20H22N2O4S. The summed E-state index contributed by atoms with van der Waals surface area (Å²) in [6.45, 7) is 1.42. The van der Waals surface area contributed by atoms with Crippen LogP contribution in [0.25, 0.3) is 0 Å². The molecule has 1 heterocycles. The summed E-state index contributed by atoms with van der Waals surface area (Å²) in [5.41, 5.74) is 1.23. The van der Waals surface area contributed by atoms with Crippen molar-refractivity contribution in [1.29, 1.82) is 0 Å². The second-order valence-electron chi connectivity index (χ2n) is 6.55. The SMILES string of the molecule is CS(=O)(=O)N1CCCN(C(=O)c2ccccc2C(=O)c2ccccc2)CC1. The van der Waals surface area contributed by atoms with E-state index in [1.807, 2.05) is 6.07 Å². The number of benzene rings is 2. The van der Waals surface area contributed by atoms with Crippen LogP contribution >= 0.6 is 0 Å². The van der Waals surface area contributed by atoms with Gasteiger partial charge < -0.3 is 4.90 Å². The Morgan fingerprint density at radius 2 is 1.44 bits per heavy atom. The van der Waals surface area contributed by atoms with Crippen LogP contribution in [0.15, 0.2) is 54.6 Å². The van der Waals surface area contributed by atoms with Gasteiger partial charge in [0, 0.05) is 37.3 Å². The summed E-state index contributed by atoms with van der Waals surface area (Å²) < 4.78 is 24.9. The van der Waals surface area contributed by atoms with Gasteiger partial charge in [0.15, 0.2) is 5.78 Å². The second-order valence-corrected chi connectivity index (χ2v) is 8.53. The lowest BCUT2D eigenvalue weighted by Gasteiger charge is -2.22. The van der Waals surface area contributed by atoms with Crippen molar-refractivity contribution in [3.8, 4) is 0 Å². The molecule has 7 heteroatoms. The predicted molar refractivity (Wildman–Crippen MR) is 103 cm³/mol. The van der Waals surface area contributed by atoms with Gasteiger partial charge in [-0.05, 0) is 12.5 Å². The first-order valence-electron chi connectivity index (χ1n) is 8.81. The van der Waals surface area contributed by atoms with E-state index in [2.05, 4.69) is 0 Å². The van der Waals surface area contributed by atoms with Crippen LogP contribution in [-0.4, -0.2) is 61.7 Å². The smallest absolute Gasteiger partial charge is 0.254 e. The number of nitrogens with zero attached hydrogens (tertiary/aromatic N) is 2.